The molecule has 0 bridgehead atoms. The maximum absolute atomic E-state index is 4.38. The number of hydrogen-bond donors (Lipinski definition) is 1. The Balaban J connectivity index is 1.89. The van der Waals surface area contributed by atoms with Crippen molar-refractivity contribution in [2.75, 3.05) is 0 Å². The van der Waals surface area contributed by atoms with E-state index < -0.39 is 0 Å². The summed E-state index contributed by atoms with van der Waals surface area (Å²) < 4.78 is 2.24. The minimum absolute atomic E-state index is 0.280. The number of rotatable bonds is 3. The monoisotopic (exact) mass is 256 g/mol. The van der Waals surface area contributed by atoms with Crippen LogP contribution in [0.4, 0.5) is 0 Å². The van der Waals surface area contributed by atoms with Crippen LogP contribution in [-0.4, -0.2) is 14.8 Å². The fraction of sp³-hybridized carbons (Fsp3) is 0.467. The Bertz CT molecular complexity index is 573. The Morgan fingerprint density at radius 2 is 2.05 bits per heavy atom. The van der Waals surface area contributed by atoms with Crippen LogP contribution in [0.5, 0.6) is 0 Å². The molecule has 2 aromatic rings. The van der Waals surface area contributed by atoms with Crippen molar-refractivity contribution >= 4 is 0 Å². The van der Waals surface area contributed by atoms with Gasteiger partial charge in [-0.3, -0.25) is 0 Å². The zero-order chi connectivity index (χ0) is 13.2. The number of aromatic nitrogens is 3. The SMILES string of the molecule is CCCn1c(C)nnc1[C@@H]1Cc2ccccc2CN1. The van der Waals surface area contributed by atoms with Gasteiger partial charge >= 0.3 is 0 Å². The molecule has 2 heterocycles. The molecule has 1 N–H and O–H groups in total. The third kappa shape index (κ3) is 2.28. The van der Waals surface area contributed by atoms with Gasteiger partial charge < -0.3 is 9.88 Å². The number of fused-ring (bicyclic) bond motifs is 1. The second kappa shape index (κ2) is 5.13. The standard InChI is InChI=1S/C15H20N4/c1-3-8-19-11(2)17-18-15(19)14-9-12-6-4-5-7-13(12)10-16-14/h4-7,14,16H,3,8-10H2,1-2H3/t14-/m0/s1. The number of nitrogens with zero attached hydrogens (tertiary/aromatic N) is 3. The summed E-state index contributed by atoms with van der Waals surface area (Å²) in [6, 6.07) is 8.91. The third-order valence-corrected chi connectivity index (χ3v) is 3.80. The second-order valence-electron chi connectivity index (χ2n) is 5.16. The van der Waals surface area contributed by atoms with Gasteiger partial charge in [-0.05, 0) is 30.9 Å². The van der Waals surface area contributed by atoms with E-state index in [1.807, 2.05) is 6.92 Å². The molecule has 0 spiro atoms. The van der Waals surface area contributed by atoms with Gasteiger partial charge in [0, 0.05) is 13.1 Å². The highest BCUT2D eigenvalue weighted by molar-refractivity contribution is 5.30. The molecule has 1 atom stereocenters. The van der Waals surface area contributed by atoms with Crippen molar-refractivity contribution in [3.8, 4) is 0 Å². The zero-order valence-corrected chi connectivity index (χ0v) is 11.6. The first-order valence-corrected chi connectivity index (χ1v) is 6.99. The quantitative estimate of drug-likeness (QED) is 0.917. The topological polar surface area (TPSA) is 42.7 Å². The highest BCUT2D eigenvalue weighted by Crippen LogP contribution is 2.25. The highest BCUT2D eigenvalue weighted by Gasteiger charge is 2.24. The lowest BCUT2D eigenvalue weighted by molar-refractivity contribution is 0.450. The molecule has 1 aromatic heterocycles. The van der Waals surface area contributed by atoms with Crippen molar-refractivity contribution in [3.05, 3.63) is 47.0 Å². The fourth-order valence-electron chi connectivity index (χ4n) is 2.79. The summed E-state index contributed by atoms with van der Waals surface area (Å²) >= 11 is 0. The number of hydrogen-bond acceptors (Lipinski definition) is 3. The van der Waals surface area contributed by atoms with Crippen LogP contribution in [-0.2, 0) is 19.5 Å². The van der Waals surface area contributed by atoms with E-state index in [0.717, 1.165) is 37.6 Å². The smallest absolute Gasteiger partial charge is 0.150 e. The molecule has 3 rings (SSSR count). The fourth-order valence-corrected chi connectivity index (χ4v) is 2.79. The normalized spacial score (nSPS) is 18.3. The molecule has 19 heavy (non-hydrogen) atoms. The van der Waals surface area contributed by atoms with E-state index in [1.165, 1.54) is 11.1 Å². The summed E-state index contributed by atoms with van der Waals surface area (Å²) in [6.45, 7) is 6.13. The summed E-state index contributed by atoms with van der Waals surface area (Å²) in [7, 11) is 0. The first-order chi connectivity index (χ1) is 9.29. The van der Waals surface area contributed by atoms with E-state index in [4.69, 9.17) is 0 Å². The maximum Gasteiger partial charge on any atom is 0.150 e. The van der Waals surface area contributed by atoms with Crippen LogP contribution in [0.3, 0.4) is 0 Å². The van der Waals surface area contributed by atoms with Crippen molar-refractivity contribution in [3.63, 3.8) is 0 Å². The van der Waals surface area contributed by atoms with E-state index in [1.54, 1.807) is 0 Å². The van der Waals surface area contributed by atoms with Crippen LogP contribution >= 0.6 is 0 Å². The molecule has 1 aromatic carbocycles. The minimum atomic E-state index is 0.280. The van der Waals surface area contributed by atoms with Gasteiger partial charge in [0.15, 0.2) is 5.82 Å². The number of nitrogens with one attached hydrogen (secondary N) is 1. The van der Waals surface area contributed by atoms with Crippen molar-refractivity contribution in [2.24, 2.45) is 0 Å². The molecule has 1 aliphatic heterocycles. The molecular weight excluding hydrogens is 236 g/mol. The van der Waals surface area contributed by atoms with Gasteiger partial charge in [0.25, 0.3) is 0 Å². The van der Waals surface area contributed by atoms with E-state index in [0.29, 0.717) is 0 Å². The van der Waals surface area contributed by atoms with Crippen molar-refractivity contribution in [1.29, 1.82) is 0 Å². The largest absolute Gasteiger partial charge is 0.314 e. The molecule has 0 unspecified atom stereocenters. The van der Waals surface area contributed by atoms with Crippen molar-refractivity contribution < 1.29 is 0 Å². The predicted molar refractivity (Wildman–Crippen MR) is 74.8 cm³/mol. The summed E-state index contributed by atoms with van der Waals surface area (Å²) in [5.41, 5.74) is 2.83. The molecule has 0 aliphatic carbocycles. The summed E-state index contributed by atoms with van der Waals surface area (Å²) in [5, 5.41) is 12.2. The molecule has 0 amide bonds. The van der Waals surface area contributed by atoms with Crippen molar-refractivity contribution in [1.82, 2.24) is 20.1 Å². The van der Waals surface area contributed by atoms with Crippen LogP contribution < -0.4 is 5.32 Å². The van der Waals surface area contributed by atoms with Gasteiger partial charge in [-0.25, -0.2) is 0 Å². The third-order valence-electron chi connectivity index (χ3n) is 3.80. The van der Waals surface area contributed by atoms with Gasteiger partial charge in [0.1, 0.15) is 5.82 Å². The Kier molecular flexibility index (Phi) is 3.34. The van der Waals surface area contributed by atoms with Gasteiger partial charge in [0.2, 0.25) is 0 Å². The van der Waals surface area contributed by atoms with E-state index in [9.17, 15) is 0 Å². The lowest BCUT2D eigenvalue weighted by atomic mass is 9.95. The molecule has 100 valence electrons. The van der Waals surface area contributed by atoms with Crippen molar-refractivity contribution in [2.45, 2.75) is 45.8 Å². The van der Waals surface area contributed by atoms with E-state index in [2.05, 4.69) is 51.3 Å². The van der Waals surface area contributed by atoms with Gasteiger partial charge in [0.05, 0.1) is 6.04 Å². The molecule has 0 fully saturated rings. The molecule has 0 saturated heterocycles. The predicted octanol–water partition coefficient (Wildman–Crippen LogP) is 2.38. The van der Waals surface area contributed by atoms with Crippen LogP contribution in [0, 0.1) is 6.92 Å². The van der Waals surface area contributed by atoms with Crippen LogP contribution in [0.1, 0.15) is 42.2 Å². The zero-order valence-electron chi connectivity index (χ0n) is 11.6. The summed E-state index contributed by atoms with van der Waals surface area (Å²) in [4.78, 5) is 0. The number of benzene rings is 1. The number of aryl methyl sites for hydroxylation is 1. The van der Waals surface area contributed by atoms with E-state index >= 15 is 0 Å². The molecule has 1 aliphatic rings. The Labute approximate surface area is 113 Å². The molecule has 4 nitrogen and oxygen atoms in total. The molecule has 0 saturated carbocycles. The summed E-state index contributed by atoms with van der Waals surface area (Å²) in [6.07, 6.45) is 2.10. The van der Waals surface area contributed by atoms with Gasteiger partial charge in [-0.2, -0.15) is 0 Å². The lowest BCUT2D eigenvalue weighted by Gasteiger charge is -2.26. The Morgan fingerprint density at radius 1 is 1.26 bits per heavy atom. The Hall–Kier alpha value is -1.68. The molecule has 0 radical (unpaired) electrons. The van der Waals surface area contributed by atoms with Gasteiger partial charge in [-0.15, -0.1) is 10.2 Å². The second-order valence-corrected chi connectivity index (χ2v) is 5.16. The highest BCUT2D eigenvalue weighted by atomic mass is 15.3. The first-order valence-electron chi connectivity index (χ1n) is 6.99. The summed E-state index contributed by atoms with van der Waals surface area (Å²) in [5.74, 6) is 2.09. The minimum Gasteiger partial charge on any atom is -0.314 e. The van der Waals surface area contributed by atoms with Gasteiger partial charge in [-0.1, -0.05) is 31.2 Å². The van der Waals surface area contributed by atoms with E-state index in [-0.39, 0.29) is 6.04 Å². The van der Waals surface area contributed by atoms with Crippen LogP contribution in [0.25, 0.3) is 0 Å². The average molecular weight is 256 g/mol. The molecule has 4 heteroatoms. The van der Waals surface area contributed by atoms with Crippen LogP contribution in [0.15, 0.2) is 24.3 Å². The lowest BCUT2D eigenvalue weighted by Crippen LogP contribution is -2.31. The average Bonchev–Trinajstić information content (AvgIpc) is 2.80. The Morgan fingerprint density at radius 3 is 2.84 bits per heavy atom. The molecular formula is C15H20N4. The maximum atomic E-state index is 4.38. The first kappa shape index (κ1) is 12.4. The van der Waals surface area contributed by atoms with Crippen LogP contribution in [0.2, 0.25) is 0 Å².